The van der Waals surface area contributed by atoms with Gasteiger partial charge in [-0.2, -0.15) is 0 Å². The largest absolute Gasteiger partial charge is 0.380 e. The van der Waals surface area contributed by atoms with Gasteiger partial charge < -0.3 is 15.2 Å². The monoisotopic (exact) mass is 204 g/mol. The first kappa shape index (κ1) is 13.8. The van der Waals surface area contributed by atoms with Crippen LogP contribution in [0.3, 0.4) is 0 Å². The van der Waals surface area contributed by atoms with Gasteiger partial charge in [0.15, 0.2) is 0 Å². The Kier molecular flexibility index (Phi) is 10.8. The minimum absolute atomic E-state index is 0.693. The molecule has 14 heavy (non-hydrogen) atoms. The summed E-state index contributed by atoms with van der Waals surface area (Å²) in [6.45, 7) is 10.6. The van der Waals surface area contributed by atoms with Crippen LogP contribution in [0.15, 0.2) is 0 Å². The van der Waals surface area contributed by atoms with Crippen molar-refractivity contribution in [3.63, 3.8) is 0 Å². The Morgan fingerprint density at radius 2 is 1.43 bits per heavy atom. The fraction of sp³-hybridized carbons (Fsp3) is 1.00. The second-order valence-electron chi connectivity index (χ2n) is 3.02. The minimum atomic E-state index is 0.693. The van der Waals surface area contributed by atoms with Gasteiger partial charge in [-0.3, -0.25) is 4.90 Å². The third kappa shape index (κ3) is 8.44. The first-order valence-corrected chi connectivity index (χ1v) is 5.43. The van der Waals surface area contributed by atoms with E-state index in [1.165, 1.54) is 0 Å². The molecular weight excluding hydrogens is 180 g/mol. The van der Waals surface area contributed by atoms with Gasteiger partial charge in [0.05, 0.1) is 13.2 Å². The van der Waals surface area contributed by atoms with E-state index in [-0.39, 0.29) is 0 Å². The predicted octanol–water partition coefficient (Wildman–Crippen LogP) is 0.320. The molecule has 0 aromatic rings. The summed E-state index contributed by atoms with van der Waals surface area (Å²) in [6.07, 6.45) is 0. The molecule has 2 N–H and O–H groups in total. The molecule has 86 valence electrons. The van der Waals surface area contributed by atoms with Crippen molar-refractivity contribution in [2.45, 2.75) is 13.8 Å². The maximum atomic E-state index is 5.51. The number of ether oxygens (including phenoxy) is 2. The molecule has 0 amide bonds. The molecular formula is C10H24N2O2. The molecule has 0 saturated carbocycles. The topological polar surface area (TPSA) is 47.7 Å². The number of nitrogens with two attached hydrogens (primary N) is 1. The molecule has 0 spiro atoms. The van der Waals surface area contributed by atoms with Crippen LogP contribution >= 0.6 is 0 Å². The quantitative estimate of drug-likeness (QED) is 0.521. The molecule has 0 aliphatic heterocycles. The second-order valence-corrected chi connectivity index (χ2v) is 3.02. The lowest BCUT2D eigenvalue weighted by Crippen LogP contribution is -2.35. The van der Waals surface area contributed by atoms with Gasteiger partial charge in [-0.25, -0.2) is 0 Å². The van der Waals surface area contributed by atoms with Gasteiger partial charge in [0, 0.05) is 39.4 Å². The highest BCUT2D eigenvalue weighted by atomic mass is 16.5. The molecule has 0 bridgehead atoms. The Labute approximate surface area is 87.4 Å². The highest BCUT2D eigenvalue weighted by Gasteiger charge is 2.02. The third-order valence-corrected chi connectivity index (χ3v) is 1.96. The van der Waals surface area contributed by atoms with Crippen molar-refractivity contribution in [3.05, 3.63) is 0 Å². The Balaban J connectivity index is 3.44. The summed E-state index contributed by atoms with van der Waals surface area (Å²) >= 11 is 0. The molecule has 4 nitrogen and oxygen atoms in total. The molecule has 0 aromatic heterocycles. The zero-order valence-corrected chi connectivity index (χ0v) is 9.50. The summed E-state index contributed by atoms with van der Waals surface area (Å²) in [5.41, 5.74) is 5.51. The summed E-state index contributed by atoms with van der Waals surface area (Å²) in [5, 5.41) is 0. The van der Waals surface area contributed by atoms with Gasteiger partial charge in [0.1, 0.15) is 0 Å². The molecule has 0 atom stereocenters. The van der Waals surface area contributed by atoms with E-state index in [1.807, 2.05) is 13.8 Å². The molecule has 0 aliphatic carbocycles. The molecule has 0 saturated heterocycles. The molecule has 0 aromatic carbocycles. The summed E-state index contributed by atoms with van der Waals surface area (Å²) < 4.78 is 10.6. The normalized spacial score (nSPS) is 11.1. The van der Waals surface area contributed by atoms with Gasteiger partial charge in [-0.05, 0) is 13.8 Å². The van der Waals surface area contributed by atoms with E-state index < -0.39 is 0 Å². The third-order valence-electron chi connectivity index (χ3n) is 1.96. The van der Waals surface area contributed by atoms with Crippen molar-refractivity contribution in [1.82, 2.24) is 4.90 Å². The van der Waals surface area contributed by atoms with Crippen LogP contribution in [0.1, 0.15) is 13.8 Å². The van der Waals surface area contributed by atoms with Crippen LogP contribution < -0.4 is 5.73 Å². The van der Waals surface area contributed by atoms with Gasteiger partial charge in [-0.1, -0.05) is 0 Å². The molecule has 4 heteroatoms. The maximum Gasteiger partial charge on any atom is 0.0593 e. The Morgan fingerprint density at radius 1 is 0.929 bits per heavy atom. The standard InChI is InChI=1S/C10H24N2O2/c1-3-13-9-7-12(6-5-11)8-10-14-4-2/h3-11H2,1-2H3. The van der Waals surface area contributed by atoms with Crippen molar-refractivity contribution >= 4 is 0 Å². The molecule has 0 radical (unpaired) electrons. The average Bonchev–Trinajstić information content (AvgIpc) is 2.18. The van der Waals surface area contributed by atoms with E-state index >= 15 is 0 Å². The Bertz CT molecular complexity index is 102. The average molecular weight is 204 g/mol. The summed E-state index contributed by atoms with van der Waals surface area (Å²) in [5.74, 6) is 0. The van der Waals surface area contributed by atoms with Gasteiger partial charge in [-0.15, -0.1) is 0 Å². The number of rotatable bonds is 10. The number of nitrogens with zero attached hydrogens (tertiary/aromatic N) is 1. The van der Waals surface area contributed by atoms with E-state index in [0.717, 1.165) is 46.1 Å². The van der Waals surface area contributed by atoms with Crippen LogP contribution in [0.5, 0.6) is 0 Å². The predicted molar refractivity (Wildman–Crippen MR) is 58.5 cm³/mol. The van der Waals surface area contributed by atoms with Crippen molar-refractivity contribution in [3.8, 4) is 0 Å². The SMILES string of the molecule is CCOCCN(CCN)CCOCC. The van der Waals surface area contributed by atoms with Crippen LogP contribution in [-0.2, 0) is 9.47 Å². The summed E-state index contributed by atoms with van der Waals surface area (Å²) in [7, 11) is 0. The fourth-order valence-corrected chi connectivity index (χ4v) is 1.19. The van der Waals surface area contributed by atoms with Gasteiger partial charge >= 0.3 is 0 Å². The maximum absolute atomic E-state index is 5.51. The molecule has 0 unspecified atom stereocenters. The highest BCUT2D eigenvalue weighted by molar-refractivity contribution is 4.57. The van der Waals surface area contributed by atoms with E-state index in [9.17, 15) is 0 Å². The van der Waals surface area contributed by atoms with E-state index in [4.69, 9.17) is 15.2 Å². The Hall–Kier alpha value is -0.160. The smallest absolute Gasteiger partial charge is 0.0593 e. The van der Waals surface area contributed by atoms with E-state index in [2.05, 4.69) is 4.90 Å². The van der Waals surface area contributed by atoms with Gasteiger partial charge in [0.25, 0.3) is 0 Å². The van der Waals surface area contributed by atoms with E-state index in [0.29, 0.717) is 6.54 Å². The summed E-state index contributed by atoms with van der Waals surface area (Å²) in [4.78, 5) is 2.27. The minimum Gasteiger partial charge on any atom is -0.380 e. The van der Waals surface area contributed by atoms with Crippen molar-refractivity contribution in [2.75, 3.05) is 52.6 Å². The number of hydrogen-bond donors (Lipinski definition) is 1. The lowest BCUT2D eigenvalue weighted by atomic mass is 10.4. The molecule has 0 rings (SSSR count). The van der Waals surface area contributed by atoms with Crippen LogP contribution in [0, 0.1) is 0 Å². The number of hydrogen-bond acceptors (Lipinski definition) is 4. The first-order valence-electron chi connectivity index (χ1n) is 5.43. The van der Waals surface area contributed by atoms with E-state index in [1.54, 1.807) is 0 Å². The van der Waals surface area contributed by atoms with Crippen LogP contribution in [-0.4, -0.2) is 57.5 Å². The van der Waals surface area contributed by atoms with Crippen LogP contribution in [0.25, 0.3) is 0 Å². The summed E-state index contributed by atoms with van der Waals surface area (Å²) in [6, 6.07) is 0. The lowest BCUT2D eigenvalue weighted by Gasteiger charge is -2.20. The molecule has 0 fully saturated rings. The van der Waals surface area contributed by atoms with Crippen molar-refractivity contribution in [2.24, 2.45) is 5.73 Å². The Morgan fingerprint density at radius 3 is 1.79 bits per heavy atom. The lowest BCUT2D eigenvalue weighted by molar-refractivity contribution is 0.0842. The zero-order chi connectivity index (χ0) is 10.6. The molecule has 0 heterocycles. The molecule has 0 aliphatic rings. The second kappa shape index (κ2) is 10.9. The highest BCUT2D eigenvalue weighted by Crippen LogP contribution is 1.88. The zero-order valence-electron chi connectivity index (χ0n) is 9.50. The fourth-order valence-electron chi connectivity index (χ4n) is 1.19. The van der Waals surface area contributed by atoms with Crippen molar-refractivity contribution < 1.29 is 9.47 Å². The van der Waals surface area contributed by atoms with Gasteiger partial charge in [0.2, 0.25) is 0 Å². The van der Waals surface area contributed by atoms with Crippen LogP contribution in [0.4, 0.5) is 0 Å². The first-order chi connectivity index (χ1) is 6.85. The van der Waals surface area contributed by atoms with Crippen molar-refractivity contribution in [1.29, 1.82) is 0 Å². The van der Waals surface area contributed by atoms with Crippen LogP contribution in [0.2, 0.25) is 0 Å².